The SMILES string of the molecule is CCOc1ccc(NC(=O)c2cc3ccccc3c(N=Nc3cc(Cl)cc(S(=O)(=O)O)c3C)c2O)cc1Cl. The van der Waals surface area contributed by atoms with Gasteiger partial charge in [-0.3, -0.25) is 9.35 Å². The molecular formula is C26H21Cl2N3O6S. The van der Waals surface area contributed by atoms with E-state index >= 15 is 0 Å². The topological polar surface area (TPSA) is 138 Å². The first-order chi connectivity index (χ1) is 18.0. The number of amides is 1. The van der Waals surface area contributed by atoms with Crippen LogP contribution in [0.15, 0.2) is 75.8 Å². The molecule has 0 unspecified atom stereocenters. The second kappa shape index (κ2) is 11.0. The molecule has 0 fully saturated rings. The maximum Gasteiger partial charge on any atom is 0.294 e. The first kappa shape index (κ1) is 27.3. The third-order valence-electron chi connectivity index (χ3n) is 5.56. The molecule has 4 aromatic rings. The van der Waals surface area contributed by atoms with Crippen molar-refractivity contribution < 1.29 is 27.6 Å². The Hall–Kier alpha value is -3.70. The molecule has 0 aromatic heterocycles. The first-order valence-corrected chi connectivity index (χ1v) is 13.4. The van der Waals surface area contributed by atoms with Gasteiger partial charge in [0.25, 0.3) is 16.0 Å². The fourth-order valence-electron chi connectivity index (χ4n) is 3.76. The number of nitrogens with zero attached hydrogens (tertiary/aromatic N) is 2. The summed E-state index contributed by atoms with van der Waals surface area (Å²) in [7, 11) is -4.57. The summed E-state index contributed by atoms with van der Waals surface area (Å²) in [5, 5.41) is 23.4. The normalized spacial score (nSPS) is 11.7. The number of rotatable bonds is 7. The Kier molecular flexibility index (Phi) is 7.89. The van der Waals surface area contributed by atoms with E-state index in [1.807, 2.05) is 6.92 Å². The van der Waals surface area contributed by atoms with E-state index in [0.29, 0.717) is 33.8 Å². The molecule has 0 aliphatic carbocycles. The highest BCUT2D eigenvalue weighted by atomic mass is 35.5. The molecule has 0 radical (unpaired) electrons. The summed E-state index contributed by atoms with van der Waals surface area (Å²) in [5.41, 5.74) is 0.430. The third kappa shape index (κ3) is 5.73. The molecule has 12 heteroatoms. The molecule has 0 spiro atoms. The number of phenols is 1. The van der Waals surface area contributed by atoms with E-state index in [0.717, 1.165) is 6.07 Å². The number of anilines is 1. The van der Waals surface area contributed by atoms with Gasteiger partial charge in [-0.25, -0.2) is 0 Å². The van der Waals surface area contributed by atoms with E-state index < -0.39 is 26.7 Å². The Morgan fingerprint density at radius 3 is 2.47 bits per heavy atom. The van der Waals surface area contributed by atoms with Crippen LogP contribution in [0, 0.1) is 6.92 Å². The van der Waals surface area contributed by atoms with Gasteiger partial charge in [-0.2, -0.15) is 13.5 Å². The van der Waals surface area contributed by atoms with Crippen LogP contribution in [-0.2, 0) is 10.1 Å². The van der Waals surface area contributed by atoms with Crippen molar-refractivity contribution >= 4 is 67.1 Å². The van der Waals surface area contributed by atoms with Crippen LogP contribution >= 0.6 is 23.2 Å². The van der Waals surface area contributed by atoms with Crippen LogP contribution in [0.2, 0.25) is 10.0 Å². The summed E-state index contributed by atoms with van der Waals surface area (Å²) in [6.45, 7) is 3.68. The predicted octanol–water partition coefficient (Wildman–Crippen LogP) is 7.47. The number of aromatic hydroxyl groups is 1. The van der Waals surface area contributed by atoms with Gasteiger partial charge in [-0.1, -0.05) is 47.5 Å². The van der Waals surface area contributed by atoms with Crippen LogP contribution in [-0.4, -0.2) is 30.6 Å². The largest absolute Gasteiger partial charge is 0.505 e. The number of hydrogen-bond donors (Lipinski definition) is 3. The Bertz CT molecular complexity index is 1710. The number of phenolic OH excluding ortho intramolecular Hbond substituents is 1. The molecule has 196 valence electrons. The summed E-state index contributed by atoms with van der Waals surface area (Å²) >= 11 is 12.2. The molecule has 0 saturated heterocycles. The quantitative estimate of drug-likeness (QED) is 0.155. The van der Waals surface area contributed by atoms with Crippen molar-refractivity contribution in [1.29, 1.82) is 0 Å². The fourth-order valence-corrected chi connectivity index (χ4v) is 5.04. The highest BCUT2D eigenvalue weighted by Gasteiger charge is 2.20. The van der Waals surface area contributed by atoms with Gasteiger partial charge in [0.15, 0.2) is 5.75 Å². The van der Waals surface area contributed by atoms with Gasteiger partial charge in [0, 0.05) is 16.1 Å². The monoisotopic (exact) mass is 573 g/mol. The summed E-state index contributed by atoms with van der Waals surface area (Å²) in [6.07, 6.45) is 0. The molecule has 0 aliphatic heterocycles. The Balaban J connectivity index is 1.77. The van der Waals surface area contributed by atoms with Crippen molar-refractivity contribution in [3.63, 3.8) is 0 Å². The minimum Gasteiger partial charge on any atom is -0.505 e. The van der Waals surface area contributed by atoms with Crippen LogP contribution in [0.5, 0.6) is 11.5 Å². The Morgan fingerprint density at radius 1 is 1.05 bits per heavy atom. The molecular weight excluding hydrogens is 553 g/mol. The smallest absolute Gasteiger partial charge is 0.294 e. The molecule has 4 rings (SSSR count). The lowest BCUT2D eigenvalue weighted by Gasteiger charge is -2.12. The minimum absolute atomic E-state index is 0.00778. The number of fused-ring (bicyclic) bond motifs is 1. The van der Waals surface area contributed by atoms with Crippen LogP contribution in [0.4, 0.5) is 17.1 Å². The van der Waals surface area contributed by atoms with Crippen molar-refractivity contribution in [2.75, 3.05) is 11.9 Å². The Morgan fingerprint density at radius 2 is 1.79 bits per heavy atom. The molecule has 0 heterocycles. The number of hydrogen-bond acceptors (Lipinski definition) is 7. The van der Waals surface area contributed by atoms with Gasteiger partial charge in [0.1, 0.15) is 16.3 Å². The van der Waals surface area contributed by atoms with E-state index in [4.69, 9.17) is 27.9 Å². The summed E-state index contributed by atoms with van der Waals surface area (Å²) in [4.78, 5) is 12.7. The van der Waals surface area contributed by atoms with E-state index in [2.05, 4.69) is 15.5 Å². The van der Waals surface area contributed by atoms with Crippen molar-refractivity contribution in [2.45, 2.75) is 18.7 Å². The maximum absolute atomic E-state index is 13.2. The van der Waals surface area contributed by atoms with E-state index in [9.17, 15) is 22.9 Å². The Labute approximate surface area is 228 Å². The zero-order valence-corrected chi connectivity index (χ0v) is 22.4. The number of benzene rings is 4. The molecule has 0 atom stereocenters. The molecule has 0 bridgehead atoms. The van der Waals surface area contributed by atoms with Gasteiger partial charge < -0.3 is 15.2 Å². The number of nitrogens with one attached hydrogen (secondary N) is 1. The highest BCUT2D eigenvalue weighted by molar-refractivity contribution is 7.85. The molecule has 0 saturated carbocycles. The number of carbonyl (C=O) groups is 1. The number of halogens is 2. The predicted molar refractivity (Wildman–Crippen MR) is 146 cm³/mol. The lowest BCUT2D eigenvalue weighted by atomic mass is 10.0. The standard InChI is InChI=1S/C26H21Cl2N3O6S/c1-3-37-22-9-8-17(13-20(22)28)29-26(33)19-10-15-6-4-5-7-18(15)24(25(19)32)31-30-21-11-16(27)12-23(14(21)2)38(34,35)36/h4-13,32H,3H2,1-2H3,(H,29,33)(H,34,35,36). The summed E-state index contributed by atoms with van der Waals surface area (Å²) in [5.74, 6) is -0.605. The number of azo groups is 1. The second-order valence-corrected chi connectivity index (χ2v) is 10.3. The van der Waals surface area contributed by atoms with Gasteiger partial charge in [-0.15, -0.1) is 5.11 Å². The van der Waals surface area contributed by atoms with E-state index in [-0.39, 0.29) is 27.5 Å². The molecule has 1 amide bonds. The lowest BCUT2D eigenvalue weighted by Crippen LogP contribution is -2.12. The van der Waals surface area contributed by atoms with Crippen LogP contribution in [0.1, 0.15) is 22.8 Å². The summed E-state index contributed by atoms with van der Waals surface area (Å²) in [6, 6.07) is 15.6. The molecule has 38 heavy (non-hydrogen) atoms. The van der Waals surface area contributed by atoms with Crippen molar-refractivity contribution in [2.24, 2.45) is 10.2 Å². The molecule has 0 aliphatic rings. The zero-order chi connectivity index (χ0) is 27.6. The maximum atomic E-state index is 13.2. The van der Waals surface area contributed by atoms with Gasteiger partial charge in [0.2, 0.25) is 0 Å². The van der Waals surface area contributed by atoms with Gasteiger partial charge in [0.05, 0.1) is 22.9 Å². The van der Waals surface area contributed by atoms with Crippen LogP contribution in [0.3, 0.4) is 0 Å². The number of ether oxygens (including phenoxy) is 1. The lowest BCUT2D eigenvalue weighted by molar-refractivity contribution is 0.102. The van der Waals surface area contributed by atoms with Crippen LogP contribution in [0.25, 0.3) is 10.8 Å². The molecule has 3 N–H and O–H groups in total. The van der Waals surface area contributed by atoms with Crippen LogP contribution < -0.4 is 10.1 Å². The molecule has 9 nitrogen and oxygen atoms in total. The average molecular weight is 574 g/mol. The highest BCUT2D eigenvalue weighted by Crippen LogP contribution is 2.40. The van der Waals surface area contributed by atoms with E-state index in [1.165, 1.54) is 25.1 Å². The number of carbonyl (C=O) groups excluding carboxylic acids is 1. The first-order valence-electron chi connectivity index (χ1n) is 11.2. The zero-order valence-electron chi connectivity index (χ0n) is 20.1. The second-order valence-electron chi connectivity index (χ2n) is 8.10. The van der Waals surface area contributed by atoms with Crippen molar-refractivity contribution in [3.8, 4) is 11.5 Å². The average Bonchev–Trinajstić information content (AvgIpc) is 2.85. The van der Waals surface area contributed by atoms with Gasteiger partial charge in [-0.05, 0) is 61.2 Å². The third-order valence-corrected chi connectivity index (χ3v) is 7.06. The van der Waals surface area contributed by atoms with Crippen molar-refractivity contribution in [3.05, 3.63) is 81.8 Å². The minimum atomic E-state index is -4.57. The van der Waals surface area contributed by atoms with Gasteiger partial charge >= 0.3 is 0 Å². The van der Waals surface area contributed by atoms with Crippen molar-refractivity contribution in [1.82, 2.24) is 0 Å². The molecule has 4 aromatic carbocycles. The summed E-state index contributed by atoms with van der Waals surface area (Å²) < 4.78 is 38.4. The fraction of sp³-hybridized carbons (Fsp3) is 0.115. The van der Waals surface area contributed by atoms with E-state index in [1.54, 1.807) is 36.4 Å².